The van der Waals surface area contributed by atoms with E-state index < -0.39 is 12.1 Å². The molecule has 7 heteroatoms. The average Bonchev–Trinajstić information content (AvgIpc) is 2.95. The maximum Gasteiger partial charge on any atom is 0.250 e. The zero-order valence-corrected chi connectivity index (χ0v) is 21.4. The molecule has 0 saturated carbocycles. The molecular formula is C30H37N3O4. The Morgan fingerprint density at radius 3 is 2.57 bits per heavy atom. The number of para-hydroxylation sites is 2. The summed E-state index contributed by atoms with van der Waals surface area (Å²) in [6.45, 7) is 5.60. The molecule has 1 aliphatic heterocycles. The number of hydrogen-bond acceptors (Lipinski definition) is 6. The molecule has 1 aliphatic rings. The fraction of sp³-hybridized carbons (Fsp3) is 0.367. The summed E-state index contributed by atoms with van der Waals surface area (Å²) in [7, 11) is 0. The summed E-state index contributed by atoms with van der Waals surface area (Å²) in [5.41, 5.74) is 4.10. The number of carbonyl (C=O) groups is 1. The average molecular weight is 504 g/mol. The summed E-state index contributed by atoms with van der Waals surface area (Å²) >= 11 is 0. The lowest BCUT2D eigenvalue weighted by molar-refractivity contribution is -0.133. The zero-order chi connectivity index (χ0) is 25.9. The number of ether oxygens (including phenoxy) is 2. The maximum atomic E-state index is 13.0. The molecule has 196 valence electrons. The monoisotopic (exact) mass is 503 g/mol. The number of nitrogens with one attached hydrogen (secondary N) is 2. The van der Waals surface area contributed by atoms with E-state index in [1.54, 1.807) is 0 Å². The van der Waals surface area contributed by atoms with E-state index in [1.807, 2.05) is 79.7 Å². The second kappa shape index (κ2) is 13.7. The first-order valence-electron chi connectivity index (χ1n) is 13.0. The molecule has 0 spiro atoms. The van der Waals surface area contributed by atoms with E-state index in [4.69, 9.17) is 9.47 Å². The van der Waals surface area contributed by atoms with Crippen molar-refractivity contribution in [2.24, 2.45) is 0 Å². The summed E-state index contributed by atoms with van der Waals surface area (Å²) in [4.78, 5) is 15.3. The number of hydrogen-bond donors (Lipinski definition) is 3. The van der Waals surface area contributed by atoms with Crippen molar-refractivity contribution < 1.29 is 19.4 Å². The second-order valence-corrected chi connectivity index (χ2v) is 9.08. The summed E-state index contributed by atoms with van der Waals surface area (Å²) in [5, 5.41) is 16.2. The fourth-order valence-corrected chi connectivity index (χ4v) is 4.55. The van der Waals surface area contributed by atoms with Crippen molar-refractivity contribution in [3.05, 3.63) is 90.0 Å². The number of amides is 1. The maximum absolute atomic E-state index is 13.0. The van der Waals surface area contributed by atoms with Gasteiger partial charge in [0.25, 0.3) is 0 Å². The SMILES string of the molecule is CCO[C@H](Cc1ccc(NCCCN2CCOc3ccccc32)cc1)C(=O)N[C@@H](CO)c1ccccc1. The summed E-state index contributed by atoms with van der Waals surface area (Å²) in [6, 6.07) is 25.3. The highest BCUT2D eigenvalue weighted by atomic mass is 16.5. The van der Waals surface area contributed by atoms with E-state index in [0.717, 1.165) is 55.2 Å². The highest BCUT2D eigenvalue weighted by Gasteiger charge is 2.23. The summed E-state index contributed by atoms with van der Waals surface area (Å²) in [5.74, 6) is 0.736. The Bertz CT molecular complexity index is 1110. The van der Waals surface area contributed by atoms with Gasteiger partial charge in [-0.1, -0.05) is 54.6 Å². The van der Waals surface area contributed by atoms with Gasteiger partial charge in [0.05, 0.1) is 24.9 Å². The van der Waals surface area contributed by atoms with Crippen LogP contribution in [0.25, 0.3) is 0 Å². The quantitative estimate of drug-likeness (QED) is 0.304. The smallest absolute Gasteiger partial charge is 0.250 e. The molecule has 0 aliphatic carbocycles. The van der Waals surface area contributed by atoms with E-state index in [1.165, 1.54) is 5.69 Å². The zero-order valence-electron chi connectivity index (χ0n) is 21.4. The van der Waals surface area contributed by atoms with Gasteiger partial charge in [-0.3, -0.25) is 4.79 Å². The molecule has 0 saturated heterocycles. The largest absolute Gasteiger partial charge is 0.490 e. The van der Waals surface area contributed by atoms with Gasteiger partial charge in [-0.25, -0.2) is 0 Å². The Morgan fingerprint density at radius 2 is 1.81 bits per heavy atom. The number of aliphatic hydroxyl groups is 1. The highest BCUT2D eigenvalue weighted by molar-refractivity contribution is 5.81. The van der Waals surface area contributed by atoms with Gasteiger partial charge in [-0.05, 0) is 48.7 Å². The van der Waals surface area contributed by atoms with Crippen LogP contribution in [0.3, 0.4) is 0 Å². The van der Waals surface area contributed by atoms with Gasteiger partial charge < -0.3 is 30.1 Å². The van der Waals surface area contributed by atoms with Crippen LogP contribution in [-0.2, 0) is 16.0 Å². The third kappa shape index (κ3) is 7.47. The predicted octanol–water partition coefficient (Wildman–Crippen LogP) is 4.19. The van der Waals surface area contributed by atoms with Crippen LogP contribution in [-0.4, -0.2) is 56.6 Å². The molecular weight excluding hydrogens is 466 g/mol. The van der Waals surface area contributed by atoms with E-state index in [-0.39, 0.29) is 12.5 Å². The van der Waals surface area contributed by atoms with Crippen molar-refractivity contribution in [1.29, 1.82) is 0 Å². The Kier molecular flexibility index (Phi) is 9.80. The number of aliphatic hydroxyl groups excluding tert-OH is 1. The van der Waals surface area contributed by atoms with Gasteiger partial charge in [0, 0.05) is 31.8 Å². The first-order chi connectivity index (χ1) is 18.2. The number of benzene rings is 3. The predicted molar refractivity (Wildman–Crippen MR) is 147 cm³/mol. The normalized spacial score (nSPS) is 14.3. The van der Waals surface area contributed by atoms with E-state index >= 15 is 0 Å². The van der Waals surface area contributed by atoms with Crippen LogP contribution in [0.4, 0.5) is 11.4 Å². The van der Waals surface area contributed by atoms with Crippen molar-refractivity contribution in [3.8, 4) is 5.75 Å². The molecule has 0 fully saturated rings. The van der Waals surface area contributed by atoms with Crippen LogP contribution >= 0.6 is 0 Å². The molecule has 7 nitrogen and oxygen atoms in total. The molecule has 3 aromatic rings. The van der Waals surface area contributed by atoms with Crippen LogP contribution < -0.4 is 20.3 Å². The third-order valence-electron chi connectivity index (χ3n) is 6.49. The number of carbonyl (C=O) groups excluding carboxylic acids is 1. The number of fused-ring (bicyclic) bond motifs is 1. The molecule has 0 aromatic heterocycles. The molecule has 1 amide bonds. The lowest BCUT2D eigenvalue weighted by Gasteiger charge is -2.31. The Hall–Kier alpha value is -3.55. The van der Waals surface area contributed by atoms with Gasteiger partial charge in [0.1, 0.15) is 18.5 Å². The van der Waals surface area contributed by atoms with Crippen LogP contribution in [0.5, 0.6) is 5.75 Å². The van der Waals surface area contributed by atoms with Gasteiger partial charge in [0.15, 0.2) is 0 Å². The lowest BCUT2D eigenvalue weighted by Crippen LogP contribution is -2.41. The minimum absolute atomic E-state index is 0.174. The van der Waals surface area contributed by atoms with Crippen molar-refractivity contribution in [3.63, 3.8) is 0 Å². The highest BCUT2D eigenvalue weighted by Crippen LogP contribution is 2.30. The number of nitrogens with zero attached hydrogens (tertiary/aromatic N) is 1. The molecule has 0 radical (unpaired) electrons. The van der Waals surface area contributed by atoms with Crippen LogP contribution in [0.2, 0.25) is 0 Å². The van der Waals surface area contributed by atoms with Gasteiger partial charge >= 0.3 is 0 Å². The van der Waals surface area contributed by atoms with Gasteiger partial charge in [-0.2, -0.15) is 0 Å². The number of rotatable bonds is 13. The second-order valence-electron chi connectivity index (χ2n) is 9.08. The fourth-order valence-electron chi connectivity index (χ4n) is 4.55. The van der Waals surface area contributed by atoms with Crippen molar-refractivity contribution in [1.82, 2.24) is 5.32 Å². The van der Waals surface area contributed by atoms with Crippen molar-refractivity contribution in [2.45, 2.75) is 31.9 Å². The Balaban J connectivity index is 1.25. The topological polar surface area (TPSA) is 83.1 Å². The Morgan fingerprint density at radius 1 is 1.05 bits per heavy atom. The first kappa shape index (κ1) is 26.5. The van der Waals surface area contributed by atoms with E-state index in [2.05, 4.69) is 21.6 Å². The minimum Gasteiger partial charge on any atom is -0.490 e. The molecule has 3 aromatic carbocycles. The molecule has 4 rings (SSSR count). The minimum atomic E-state index is -0.627. The summed E-state index contributed by atoms with van der Waals surface area (Å²) < 4.78 is 11.5. The summed E-state index contributed by atoms with van der Waals surface area (Å²) in [6.07, 6.45) is 0.845. The molecule has 3 N–H and O–H groups in total. The van der Waals surface area contributed by atoms with Gasteiger partial charge in [0.2, 0.25) is 5.91 Å². The van der Waals surface area contributed by atoms with E-state index in [9.17, 15) is 9.90 Å². The third-order valence-corrected chi connectivity index (χ3v) is 6.49. The molecule has 0 unspecified atom stereocenters. The van der Waals surface area contributed by atoms with Gasteiger partial charge in [-0.15, -0.1) is 0 Å². The molecule has 1 heterocycles. The standard InChI is InChI=1S/C30H37N3O4/c1-2-36-29(30(35)32-26(22-34)24-9-4-3-5-10-24)21-23-13-15-25(16-14-23)31-17-8-18-33-19-20-37-28-12-7-6-11-27(28)33/h3-7,9-16,26,29,31,34H,2,8,17-22H2,1H3,(H,32,35)/t26-,29+/m0/s1. The van der Waals surface area contributed by atoms with Crippen molar-refractivity contribution in [2.75, 3.05) is 49.7 Å². The number of anilines is 2. The van der Waals surface area contributed by atoms with Crippen molar-refractivity contribution >= 4 is 17.3 Å². The van der Waals surface area contributed by atoms with Crippen LogP contribution in [0.1, 0.15) is 30.5 Å². The van der Waals surface area contributed by atoms with E-state index in [0.29, 0.717) is 13.0 Å². The molecule has 0 bridgehead atoms. The molecule has 37 heavy (non-hydrogen) atoms. The Labute approximate surface area is 219 Å². The molecule has 2 atom stereocenters. The lowest BCUT2D eigenvalue weighted by atomic mass is 10.0. The first-order valence-corrected chi connectivity index (χ1v) is 13.0. The van der Waals surface area contributed by atoms with Crippen LogP contribution in [0, 0.1) is 0 Å². The van der Waals surface area contributed by atoms with Crippen LogP contribution in [0.15, 0.2) is 78.9 Å².